The Hall–Kier alpha value is -2.99. The fourth-order valence-electron chi connectivity index (χ4n) is 2.66. The minimum atomic E-state index is -0.346. The summed E-state index contributed by atoms with van der Waals surface area (Å²) in [6, 6.07) is 15.5. The Labute approximate surface area is 148 Å². The number of nitrogens with zero attached hydrogens (tertiary/aromatic N) is 3. The van der Waals surface area contributed by atoms with E-state index in [1.807, 2.05) is 54.7 Å². The maximum absolute atomic E-state index is 12.4. The predicted octanol–water partition coefficient (Wildman–Crippen LogP) is 4.30. The van der Waals surface area contributed by atoms with Crippen LogP contribution in [0.5, 0.6) is 0 Å². The fourth-order valence-corrected chi connectivity index (χ4v) is 3.66. The molecule has 0 fully saturated rings. The molecule has 3 heterocycles. The average Bonchev–Trinajstić information content (AvgIpc) is 3.27. The number of thiazole rings is 1. The highest BCUT2D eigenvalue weighted by molar-refractivity contribution is 7.17. The highest BCUT2D eigenvalue weighted by Crippen LogP contribution is 2.35. The molecule has 0 saturated carbocycles. The molecule has 5 nitrogen and oxygen atoms in total. The van der Waals surface area contributed by atoms with Gasteiger partial charge in [0.05, 0.1) is 29.6 Å². The van der Waals surface area contributed by atoms with Gasteiger partial charge in [-0.3, -0.25) is 0 Å². The summed E-state index contributed by atoms with van der Waals surface area (Å²) in [6.07, 6.45) is 3.66. The number of benzene rings is 1. The van der Waals surface area contributed by atoms with E-state index in [1.54, 1.807) is 17.6 Å². The highest BCUT2D eigenvalue weighted by atomic mass is 32.1. The monoisotopic (exact) mass is 349 g/mol. The summed E-state index contributed by atoms with van der Waals surface area (Å²) < 4.78 is 7.01. The third-order valence-electron chi connectivity index (χ3n) is 3.79. The Kier molecular flexibility index (Phi) is 4.03. The summed E-state index contributed by atoms with van der Waals surface area (Å²) in [5.41, 5.74) is 3.39. The molecule has 6 heteroatoms. The molecule has 0 spiro atoms. The van der Waals surface area contributed by atoms with Crippen LogP contribution < -0.4 is 0 Å². The van der Waals surface area contributed by atoms with Crippen molar-refractivity contribution in [2.75, 3.05) is 6.61 Å². The van der Waals surface area contributed by atoms with Gasteiger partial charge in [0.2, 0.25) is 0 Å². The lowest BCUT2D eigenvalue weighted by Crippen LogP contribution is -2.03. The third kappa shape index (κ3) is 2.81. The molecule has 4 aromatic rings. The molecule has 3 aromatic heterocycles. The van der Waals surface area contributed by atoms with Crippen LogP contribution in [-0.4, -0.2) is 27.2 Å². The predicted molar refractivity (Wildman–Crippen MR) is 97.7 cm³/mol. The highest BCUT2D eigenvalue weighted by Gasteiger charge is 2.22. The van der Waals surface area contributed by atoms with E-state index < -0.39 is 0 Å². The molecule has 0 aliphatic heterocycles. The van der Waals surface area contributed by atoms with Crippen molar-refractivity contribution < 1.29 is 9.53 Å². The Morgan fingerprint density at radius 3 is 2.76 bits per heavy atom. The van der Waals surface area contributed by atoms with E-state index >= 15 is 0 Å². The molecule has 124 valence electrons. The molecular weight excluding hydrogens is 334 g/mol. The Morgan fingerprint density at radius 2 is 1.96 bits per heavy atom. The number of ether oxygens (including phenoxy) is 1. The lowest BCUT2D eigenvalue weighted by Gasteiger charge is -2.01. The SMILES string of the molecule is CCOC(=O)c1sc(-c2cnn3ccccc23)nc1-c1ccccc1. The number of pyridine rings is 1. The molecule has 0 bridgehead atoms. The minimum absolute atomic E-state index is 0.330. The van der Waals surface area contributed by atoms with Gasteiger partial charge in [0.15, 0.2) is 0 Å². The van der Waals surface area contributed by atoms with E-state index in [0.29, 0.717) is 17.2 Å². The first-order valence-corrected chi connectivity index (χ1v) is 8.75. The third-order valence-corrected chi connectivity index (χ3v) is 4.86. The van der Waals surface area contributed by atoms with Gasteiger partial charge in [0.1, 0.15) is 9.88 Å². The first-order chi connectivity index (χ1) is 12.3. The van der Waals surface area contributed by atoms with Crippen LogP contribution in [0.3, 0.4) is 0 Å². The number of fused-ring (bicyclic) bond motifs is 1. The topological polar surface area (TPSA) is 56.5 Å². The fraction of sp³-hybridized carbons (Fsp3) is 0.105. The summed E-state index contributed by atoms with van der Waals surface area (Å²) in [5, 5.41) is 5.11. The van der Waals surface area contributed by atoms with Crippen LogP contribution in [-0.2, 0) is 4.74 Å². The first kappa shape index (κ1) is 15.5. The van der Waals surface area contributed by atoms with Crippen LogP contribution in [0, 0.1) is 0 Å². The van der Waals surface area contributed by atoms with Crippen LogP contribution in [0.25, 0.3) is 27.3 Å². The second kappa shape index (κ2) is 6.49. The van der Waals surface area contributed by atoms with Gasteiger partial charge in [-0.25, -0.2) is 14.3 Å². The maximum Gasteiger partial charge on any atom is 0.350 e. The van der Waals surface area contributed by atoms with Gasteiger partial charge in [-0.2, -0.15) is 5.10 Å². The van der Waals surface area contributed by atoms with E-state index in [1.165, 1.54) is 11.3 Å². The second-order valence-corrected chi connectivity index (χ2v) is 6.37. The average molecular weight is 349 g/mol. The summed E-state index contributed by atoms with van der Waals surface area (Å²) in [4.78, 5) is 17.7. The van der Waals surface area contributed by atoms with Crippen molar-refractivity contribution in [1.82, 2.24) is 14.6 Å². The molecule has 0 radical (unpaired) electrons. The normalized spacial score (nSPS) is 10.9. The number of rotatable bonds is 4. The maximum atomic E-state index is 12.4. The summed E-state index contributed by atoms with van der Waals surface area (Å²) >= 11 is 1.34. The number of hydrogen-bond acceptors (Lipinski definition) is 5. The first-order valence-electron chi connectivity index (χ1n) is 7.94. The largest absolute Gasteiger partial charge is 0.462 e. The van der Waals surface area contributed by atoms with Gasteiger partial charge in [-0.1, -0.05) is 36.4 Å². The van der Waals surface area contributed by atoms with E-state index in [0.717, 1.165) is 21.7 Å². The van der Waals surface area contributed by atoms with Crippen LogP contribution in [0.2, 0.25) is 0 Å². The second-order valence-electron chi connectivity index (χ2n) is 5.37. The summed E-state index contributed by atoms with van der Waals surface area (Å²) in [7, 11) is 0. The smallest absolute Gasteiger partial charge is 0.350 e. The molecule has 0 unspecified atom stereocenters. The molecule has 0 amide bonds. The summed E-state index contributed by atoms with van der Waals surface area (Å²) in [5.74, 6) is -0.346. The van der Waals surface area contributed by atoms with Crippen LogP contribution in [0.15, 0.2) is 60.9 Å². The Bertz CT molecular complexity index is 1040. The zero-order valence-corrected chi connectivity index (χ0v) is 14.4. The molecule has 0 atom stereocenters. The van der Waals surface area contributed by atoms with Crippen molar-refractivity contribution in [2.24, 2.45) is 0 Å². The molecule has 0 saturated heterocycles. The number of esters is 1. The van der Waals surface area contributed by atoms with E-state index in [4.69, 9.17) is 9.72 Å². The van der Waals surface area contributed by atoms with Gasteiger partial charge < -0.3 is 4.74 Å². The molecule has 25 heavy (non-hydrogen) atoms. The van der Waals surface area contributed by atoms with Gasteiger partial charge in [-0.05, 0) is 19.1 Å². The van der Waals surface area contributed by atoms with Crippen molar-refractivity contribution in [3.8, 4) is 21.8 Å². The van der Waals surface area contributed by atoms with E-state index in [-0.39, 0.29) is 5.97 Å². The van der Waals surface area contributed by atoms with Gasteiger partial charge in [0, 0.05) is 11.8 Å². The van der Waals surface area contributed by atoms with Gasteiger partial charge in [0.25, 0.3) is 0 Å². The lowest BCUT2D eigenvalue weighted by molar-refractivity contribution is 0.0532. The number of hydrogen-bond donors (Lipinski definition) is 0. The van der Waals surface area contributed by atoms with Crippen LogP contribution >= 0.6 is 11.3 Å². The van der Waals surface area contributed by atoms with Crippen molar-refractivity contribution >= 4 is 22.8 Å². The quantitative estimate of drug-likeness (QED) is 0.515. The zero-order chi connectivity index (χ0) is 17.2. The van der Waals surface area contributed by atoms with Crippen molar-refractivity contribution in [3.05, 3.63) is 65.8 Å². The molecule has 0 N–H and O–H groups in total. The summed E-state index contributed by atoms with van der Waals surface area (Å²) in [6.45, 7) is 2.13. The molecule has 0 aliphatic carbocycles. The molecule has 1 aromatic carbocycles. The number of aromatic nitrogens is 3. The van der Waals surface area contributed by atoms with Crippen molar-refractivity contribution in [3.63, 3.8) is 0 Å². The standard InChI is InChI=1S/C19H15N3O2S/c1-2-24-19(23)17-16(13-8-4-3-5-9-13)21-18(25-17)14-12-20-22-11-7-6-10-15(14)22/h3-12H,2H2,1H3. The molecule has 0 aliphatic rings. The minimum Gasteiger partial charge on any atom is -0.462 e. The number of carbonyl (C=O) groups is 1. The van der Waals surface area contributed by atoms with Gasteiger partial charge in [-0.15, -0.1) is 11.3 Å². The van der Waals surface area contributed by atoms with E-state index in [2.05, 4.69) is 5.10 Å². The molecular formula is C19H15N3O2S. The Balaban J connectivity index is 1.89. The zero-order valence-electron chi connectivity index (χ0n) is 13.5. The number of carbonyl (C=O) groups excluding carboxylic acids is 1. The van der Waals surface area contributed by atoms with Crippen LogP contribution in [0.4, 0.5) is 0 Å². The van der Waals surface area contributed by atoms with Crippen molar-refractivity contribution in [2.45, 2.75) is 6.92 Å². The van der Waals surface area contributed by atoms with E-state index in [9.17, 15) is 4.79 Å². The lowest BCUT2D eigenvalue weighted by atomic mass is 10.1. The Morgan fingerprint density at radius 1 is 1.16 bits per heavy atom. The van der Waals surface area contributed by atoms with Crippen molar-refractivity contribution in [1.29, 1.82) is 0 Å². The van der Waals surface area contributed by atoms with Gasteiger partial charge >= 0.3 is 5.97 Å². The van der Waals surface area contributed by atoms with Crippen LogP contribution in [0.1, 0.15) is 16.6 Å². The molecule has 4 rings (SSSR count).